The van der Waals surface area contributed by atoms with E-state index in [9.17, 15) is 4.79 Å². The Labute approximate surface area is 189 Å². The van der Waals surface area contributed by atoms with Crippen molar-refractivity contribution in [3.63, 3.8) is 0 Å². The van der Waals surface area contributed by atoms with Gasteiger partial charge in [-0.25, -0.2) is 9.97 Å². The molecule has 0 bridgehead atoms. The highest BCUT2D eigenvalue weighted by Crippen LogP contribution is 2.21. The molecule has 3 aromatic heterocycles. The molecule has 0 fully saturated rings. The Balaban J connectivity index is 1.49. The van der Waals surface area contributed by atoms with Crippen molar-refractivity contribution >= 4 is 23.1 Å². The first kappa shape index (κ1) is 21.6. The molecule has 1 amide bonds. The first-order chi connectivity index (χ1) is 15.6. The van der Waals surface area contributed by atoms with E-state index in [1.54, 1.807) is 23.6 Å². The van der Waals surface area contributed by atoms with E-state index in [0.29, 0.717) is 36.6 Å². The number of ether oxygens (including phenoxy) is 1. The van der Waals surface area contributed by atoms with Gasteiger partial charge in [-0.1, -0.05) is 5.16 Å². The van der Waals surface area contributed by atoms with Crippen molar-refractivity contribution in [3.8, 4) is 5.75 Å². The third-order valence-corrected chi connectivity index (χ3v) is 5.82. The van der Waals surface area contributed by atoms with E-state index in [-0.39, 0.29) is 5.91 Å². The van der Waals surface area contributed by atoms with Crippen LogP contribution in [-0.2, 0) is 19.3 Å². The fourth-order valence-corrected chi connectivity index (χ4v) is 3.97. The Morgan fingerprint density at radius 3 is 2.72 bits per heavy atom. The number of aromatic nitrogens is 4. The van der Waals surface area contributed by atoms with Gasteiger partial charge in [0.15, 0.2) is 5.82 Å². The second-order valence-electron chi connectivity index (χ2n) is 7.30. The molecule has 1 aromatic carbocycles. The van der Waals surface area contributed by atoms with E-state index in [4.69, 9.17) is 9.26 Å². The van der Waals surface area contributed by atoms with E-state index < -0.39 is 0 Å². The topological polar surface area (TPSA) is 103 Å². The van der Waals surface area contributed by atoms with Crippen molar-refractivity contribution in [2.75, 3.05) is 11.9 Å². The van der Waals surface area contributed by atoms with Crippen molar-refractivity contribution in [3.05, 3.63) is 81.5 Å². The Morgan fingerprint density at radius 2 is 2.00 bits per heavy atom. The summed E-state index contributed by atoms with van der Waals surface area (Å²) in [5.74, 6) is 1.54. The lowest BCUT2D eigenvalue weighted by Crippen LogP contribution is -2.14. The molecule has 8 nitrogen and oxygen atoms in total. The third kappa shape index (κ3) is 5.76. The van der Waals surface area contributed by atoms with E-state index in [1.165, 1.54) is 17.3 Å². The first-order valence-corrected chi connectivity index (χ1v) is 11.1. The number of anilines is 1. The maximum Gasteiger partial charge on any atom is 0.257 e. The summed E-state index contributed by atoms with van der Waals surface area (Å²) >= 11 is 1.62. The molecule has 0 saturated heterocycles. The van der Waals surface area contributed by atoms with Crippen molar-refractivity contribution in [2.24, 2.45) is 0 Å². The van der Waals surface area contributed by atoms with Crippen molar-refractivity contribution < 1.29 is 14.1 Å². The van der Waals surface area contributed by atoms with Gasteiger partial charge in [0.2, 0.25) is 0 Å². The fraction of sp³-hybridized carbons (Fsp3) is 0.261. The molecule has 164 valence electrons. The normalized spacial score (nSPS) is 10.8. The van der Waals surface area contributed by atoms with E-state index >= 15 is 0 Å². The highest BCUT2D eigenvalue weighted by molar-refractivity contribution is 7.09. The molecular weight excluding hydrogens is 426 g/mol. The lowest BCUT2D eigenvalue weighted by Gasteiger charge is -2.11. The highest BCUT2D eigenvalue weighted by Gasteiger charge is 2.12. The summed E-state index contributed by atoms with van der Waals surface area (Å²) in [5, 5.41) is 6.82. The van der Waals surface area contributed by atoms with Crippen LogP contribution in [0.4, 0.5) is 5.82 Å². The molecule has 0 aliphatic heterocycles. The zero-order valence-electron chi connectivity index (χ0n) is 17.9. The van der Waals surface area contributed by atoms with Crippen LogP contribution in [-0.4, -0.2) is 32.6 Å². The average molecular weight is 450 g/mol. The quantitative estimate of drug-likeness (QED) is 0.408. The lowest BCUT2D eigenvalue weighted by atomic mass is 10.0. The molecule has 32 heavy (non-hydrogen) atoms. The van der Waals surface area contributed by atoms with Crippen LogP contribution in [0.15, 0.2) is 52.9 Å². The summed E-state index contributed by atoms with van der Waals surface area (Å²) in [4.78, 5) is 26.4. The minimum Gasteiger partial charge on any atom is -0.493 e. The van der Waals surface area contributed by atoms with Crippen LogP contribution in [0.25, 0.3) is 0 Å². The van der Waals surface area contributed by atoms with Crippen LogP contribution in [0, 0.1) is 13.8 Å². The van der Waals surface area contributed by atoms with Gasteiger partial charge in [-0.2, -0.15) is 0 Å². The Kier molecular flexibility index (Phi) is 6.86. The number of carbonyl (C=O) groups excluding carboxylic acids is 1. The van der Waals surface area contributed by atoms with Crippen LogP contribution in [0.1, 0.15) is 37.9 Å². The summed E-state index contributed by atoms with van der Waals surface area (Å²) < 4.78 is 11.2. The summed E-state index contributed by atoms with van der Waals surface area (Å²) in [6.07, 6.45) is 6.75. The van der Waals surface area contributed by atoms with E-state index in [0.717, 1.165) is 29.1 Å². The van der Waals surface area contributed by atoms with Crippen LogP contribution in [0.3, 0.4) is 0 Å². The van der Waals surface area contributed by atoms with E-state index in [1.807, 2.05) is 37.6 Å². The van der Waals surface area contributed by atoms with Crippen LogP contribution < -0.4 is 10.1 Å². The minimum atomic E-state index is -0.271. The number of carbonyl (C=O) groups is 1. The largest absolute Gasteiger partial charge is 0.493 e. The van der Waals surface area contributed by atoms with E-state index in [2.05, 4.69) is 25.4 Å². The third-order valence-electron chi connectivity index (χ3n) is 4.82. The Bertz CT molecular complexity index is 1190. The summed E-state index contributed by atoms with van der Waals surface area (Å²) in [7, 11) is 0. The Morgan fingerprint density at radius 1 is 1.09 bits per heavy atom. The van der Waals surface area contributed by atoms with Crippen LogP contribution in [0.5, 0.6) is 5.75 Å². The number of hydrogen-bond acceptors (Lipinski definition) is 8. The average Bonchev–Trinajstić information content (AvgIpc) is 3.40. The number of amides is 1. The van der Waals surface area contributed by atoms with Crippen molar-refractivity contribution in [1.82, 2.24) is 20.1 Å². The second-order valence-corrected chi connectivity index (χ2v) is 8.24. The summed E-state index contributed by atoms with van der Waals surface area (Å²) in [6, 6.07) is 7.48. The number of aryl methyl sites for hydroxylation is 4. The molecule has 0 aliphatic carbocycles. The van der Waals surface area contributed by atoms with Crippen molar-refractivity contribution in [2.45, 2.75) is 33.1 Å². The van der Waals surface area contributed by atoms with Crippen LogP contribution in [0.2, 0.25) is 0 Å². The molecule has 3 heterocycles. The highest BCUT2D eigenvalue weighted by atomic mass is 32.1. The zero-order chi connectivity index (χ0) is 22.3. The monoisotopic (exact) mass is 449 g/mol. The molecule has 0 aliphatic rings. The van der Waals surface area contributed by atoms with Gasteiger partial charge in [0.05, 0.1) is 29.7 Å². The van der Waals surface area contributed by atoms with Gasteiger partial charge in [0, 0.05) is 35.3 Å². The second kappa shape index (κ2) is 10.1. The van der Waals surface area contributed by atoms with Gasteiger partial charge in [-0.05, 0) is 50.5 Å². The first-order valence-electron chi connectivity index (χ1n) is 10.2. The number of hydrogen-bond donors (Lipinski definition) is 1. The number of benzene rings is 1. The molecular formula is C23H23N5O3S. The van der Waals surface area contributed by atoms with Gasteiger partial charge >= 0.3 is 0 Å². The maximum absolute atomic E-state index is 12.8. The van der Waals surface area contributed by atoms with Gasteiger partial charge in [0.1, 0.15) is 11.5 Å². The smallest absolute Gasteiger partial charge is 0.257 e. The van der Waals surface area contributed by atoms with Crippen molar-refractivity contribution in [1.29, 1.82) is 0 Å². The summed E-state index contributed by atoms with van der Waals surface area (Å²) in [5.41, 5.74) is 5.21. The minimum absolute atomic E-state index is 0.271. The number of thiazole rings is 1. The lowest BCUT2D eigenvalue weighted by molar-refractivity contribution is 0.102. The maximum atomic E-state index is 12.8. The van der Waals surface area contributed by atoms with Gasteiger partial charge < -0.3 is 14.6 Å². The molecule has 0 radical (unpaired) electrons. The fourth-order valence-electron chi connectivity index (χ4n) is 3.21. The molecule has 0 saturated carbocycles. The number of nitrogens with zero attached hydrogens (tertiary/aromatic N) is 4. The predicted octanol–water partition coefficient (Wildman–Crippen LogP) is 4.20. The molecule has 0 spiro atoms. The van der Waals surface area contributed by atoms with Gasteiger partial charge in [-0.15, -0.1) is 11.3 Å². The Hall–Kier alpha value is -3.59. The molecule has 0 atom stereocenters. The standard InChI is InChI=1S/C23H23N5O3S/c1-15-9-19(28-31-15)4-3-17-10-18(23(29)27-22-13-24-6-7-25-22)12-20(11-17)30-8-5-21-16(2)26-14-32-21/h6-7,9-14H,3-5,8H2,1-2H3,(H,25,27,29). The predicted molar refractivity (Wildman–Crippen MR) is 121 cm³/mol. The molecule has 1 N–H and O–H groups in total. The number of nitrogens with one attached hydrogen (secondary N) is 1. The van der Waals surface area contributed by atoms with Crippen LogP contribution >= 0.6 is 11.3 Å². The molecule has 4 aromatic rings. The van der Waals surface area contributed by atoms with Gasteiger partial charge in [0.25, 0.3) is 5.91 Å². The SMILES string of the molecule is Cc1cc(CCc2cc(OCCc3scnc3C)cc(C(=O)Nc3cnccn3)c2)no1. The molecule has 9 heteroatoms. The zero-order valence-corrected chi connectivity index (χ0v) is 18.7. The van der Waals surface area contributed by atoms with Gasteiger partial charge in [-0.3, -0.25) is 9.78 Å². The molecule has 4 rings (SSSR count). The number of rotatable bonds is 9. The molecule has 0 unspecified atom stereocenters. The summed E-state index contributed by atoms with van der Waals surface area (Å²) in [6.45, 7) is 4.36.